The molecular weight excluding hydrogens is 218 g/mol. The smallest absolute Gasteiger partial charge is 0.0127 e. The highest BCUT2D eigenvalue weighted by Crippen LogP contribution is 2.38. The predicted molar refractivity (Wildman–Crippen MR) is 77.0 cm³/mol. The molecular formula is C17H25N. The van der Waals surface area contributed by atoms with Crippen LogP contribution < -0.4 is 0 Å². The van der Waals surface area contributed by atoms with Gasteiger partial charge in [-0.3, -0.25) is 4.90 Å². The van der Waals surface area contributed by atoms with Crippen molar-refractivity contribution >= 4 is 0 Å². The Morgan fingerprint density at radius 3 is 2.61 bits per heavy atom. The van der Waals surface area contributed by atoms with Crippen LogP contribution >= 0.6 is 0 Å². The van der Waals surface area contributed by atoms with Gasteiger partial charge in [0.1, 0.15) is 0 Å². The van der Waals surface area contributed by atoms with Crippen LogP contribution in [0.4, 0.5) is 0 Å². The molecule has 2 aliphatic heterocycles. The summed E-state index contributed by atoms with van der Waals surface area (Å²) in [6.07, 6.45) is 21.9. The number of hydrogen-bond acceptors (Lipinski definition) is 1. The van der Waals surface area contributed by atoms with E-state index in [-0.39, 0.29) is 0 Å². The molecule has 3 unspecified atom stereocenters. The minimum absolute atomic E-state index is 0.799. The summed E-state index contributed by atoms with van der Waals surface area (Å²) in [5.74, 6) is 6.42. The van der Waals surface area contributed by atoms with E-state index in [9.17, 15) is 0 Å². The second-order valence-electron chi connectivity index (χ2n) is 5.78. The normalized spacial score (nSPS) is 31.6. The number of piperidine rings is 1. The first-order valence-electron chi connectivity index (χ1n) is 7.49. The zero-order valence-electron chi connectivity index (χ0n) is 11.4. The van der Waals surface area contributed by atoms with E-state index < -0.39 is 0 Å². The summed E-state index contributed by atoms with van der Waals surface area (Å²) in [6, 6.07) is 1.62. The van der Waals surface area contributed by atoms with Gasteiger partial charge >= 0.3 is 0 Å². The zero-order valence-corrected chi connectivity index (χ0v) is 11.4. The molecule has 3 atom stereocenters. The highest BCUT2D eigenvalue weighted by molar-refractivity contribution is 4.96. The van der Waals surface area contributed by atoms with Gasteiger partial charge in [-0.05, 0) is 57.4 Å². The fourth-order valence-electron chi connectivity index (χ4n) is 3.89. The fraction of sp³-hybridized carbons (Fsp3) is 0.765. The van der Waals surface area contributed by atoms with Crippen LogP contribution in [0.5, 0.6) is 0 Å². The van der Waals surface area contributed by atoms with Crippen LogP contribution in [0.25, 0.3) is 0 Å². The number of unbranched alkanes of at least 4 members (excludes halogenated alkanes) is 1. The van der Waals surface area contributed by atoms with Crippen molar-refractivity contribution in [2.45, 2.75) is 69.9 Å². The standard InChI is InChI=1S/C17H25N/c1-3-5-7-10-16-13-12-15(9-6-4-2)17-11-8-14-18(16)17/h1-2,15-17H,5-14H2. The van der Waals surface area contributed by atoms with Gasteiger partial charge in [-0.1, -0.05) is 0 Å². The second kappa shape index (κ2) is 6.86. The van der Waals surface area contributed by atoms with E-state index in [1.165, 1.54) is 51.5 Å². The van der Waals surface area contributed by atoms with Crippen molar-refractivity contribution in [3.8, 4) is 24.7 Å². The Bertz CT molecular complexity index is 332. The Balaban J connectivity index is 1.87. The molecule has 0 spiro atoms. The summed E-state index contributed by atoms with van der Waals surface area (Å²) < 4.78 is 0. The summed E-state index contributed by atoms with van der Waals surface area (Å²) in [6.45, 7) is 1.30. The highest BCUT2D eigenvalue weighted by Gasteiger charge is 2.38. The maximum Gasteiger partial charge on any atom is 0.0127 e. The molecule has 2 saturated heterocycles. The van der Waals surface area contributed by atoms with Gasteiger partial charge in [0.05, 0.1) is 0 Å². The molecule has 0 bridgehead atoms. The van der Waals surface area contributed by atoms with Crippen LogP contribution in [0, 0.1) is 30.6 Å². The van der Waals surface area contributed by atoms with Gasteiger partial charge in [0.15, 0.2) is 0 Å². The lowest BCUT2D eigenvalue weighted by Gasteiger charge is -2.43. The predicted octanol–water partition coefficient (Wildman–Crippen LogP) is 3.45. The average Bonchev–Trinajstić information content (AvgIpc) is 2.87. The monoisotopic (exact) mass is 243 g/mol. The van der Waals surface area contributed by atoms with Crippen LogP contribution in [-0.2, 0) is 0 Å². The maximum atomic E-state index is 5.41. The van der Waals surface area contributed by atoms with Gasteiger partial charge in [0.25, 0.3) is 0 Å². The van der Waals surface area contributed by atoms with Crippen LogP contribution in [0.2, 0.25) is 0 Å². The maximum absolute atomic E-state index is 5.41. The first-order valence-corrected chi connectivity index (χ1v) is 7.49. The lowest BCUT2D eigenvalue weighted by Crippen LogP contribution is -2.47. The quantitative estimate of drug-likeness (QED) is 0.528. The summed E-state index contributed by atoms with van der Waals surface area (Å²) in [4.78, 5) is 2.78. The van der Waals surface area contributed by atoms with Gasteiger partial charge in [0, 0.05) is 24.9 Å². The van der Waals surface area contributed by atoms with Gasteiger partial charge in [-0.2, -0.15) is 0 Å². The van der Waals surface area contributed by atoms with Crippen LogP contribution in [0.3, 0.4) is 0 Å². The lowest BCUT2D eigenvalue weighted by molar-refractivity contribution is 0.0651. The topological polar surface area (TPSA) is 3.24 Å². The van der Waals surface area contributed by atoms with Crippen LogP contribution in [0.1, 0.15) is 57.8 Å². The van der Waals surface area contributed by atoms with Crippen LogP contribution in [-0.4, -0.2) is 23.5 Å². The van der Waals surface area contributed by atoms with Crippen molar-refractivity contribution in [2.75, 3.05) is 6.54 Å². The number of terminal acetylenes is 2. The third kappa shape index (κ3) is 3.09. The first kappa shape index (κ1) is 13.5. The fourth-order valence-corrected chi connectivity index (χ4v) is 3.89. The molecule has 0 aromatic carbocycles. The van der Waals surface area contributed by atoms with E-state index in [1.54, 1.807) is 0 Å². The minimum atomic E-state index is 0.799. The molecule has 0 radical (unpaired) electrons. The summed E-state index contributed by atoms with van der Waals surface area (Å²) in [5.41, 5.74) is 0. The molecule has 0 saturated carbocycles. The molecule has 18 heavy (non-hydrogen) atoms. The zero-order chi connectivity index (χ0) is 12.8. The molecule has 0 aromatic heterocycles. The van der Waals surface area contributed by atoms with Crippen molar-refractivity contribution in [2.24, 2.45) is 5.92 Å². The van der Waals surface area contributed by atoms with E-state index in [0.29, 0.717) is 0 Å². The molecule has 0 N–H and O–H groups in total. The molecule has 1 heteroatoms. The average molecular weight is 243 g/mol. The molecule has 0 aromatic rings. The third-order valence-corrected chi connectivity index (χ3v) is 4.74. The van der Waals surface area contributed by atoms with E-state index in [2.05, 4.69) is 16.7 Å². The van der Waals surface area contributed by atoms with E-state index >= 15 is 0 Å². The van der Waals surface area contributed by atoms with Crippen molar-refractivity contribution in [3.05, 3.63) is 0 Å². The molecule has 1 nitrogen and oxygen atoms in total. The third-order valence-electron chi connectivity index (χ3n) is 4.74. The molecule has 98 valence electrons. The molecule has 0 amide bonds. The summed E-state index contributed by atoms with van der Waals surface area (Å²) in [7, 11) is 0. The number of nitrogens with zero attached hydrogens (tertiary/aromatic N) is 1. The summed E-state index contributed by atoms with van der Waals surface area (Å²) >= 11 is 0. The number of rotatable bonds is 5. The van der Waals surface area contributed by atoms with E-state index in [1.807, 2.05) is 0 Å². The van der Waals surface area contributed by atoms with Crippen molar-refractivity contribution < 1.29 is 0 Å². The lowest BCUT2D eigenvalue weighted by atomic mass is 9.82. The SMILES string of the molecule is C#CCCCC1CCC(CCC#C)C2CCCN12. The van der Waals surface area contributed by atoms with Crippen molar-refractivity contribution in [3.63, 3.8) is 0 Å². The van der Waals surface area contributed by atoms with Crippen molar-refractivity contribution in [1.29, 1.82) is 0 Å². The van der Waals surface area contributed by atoms with Gasteiger partial charge in [0.2, 0.25) is 0 Å². The molecule has 0 aliphatic carbocycles. The highest BCUT2D eigenvalue weighted by atomic mass is 15.2. The van der Waals surface area contributed by atoms with Crippen molar-refractivity contribution in [1.82, 2.24) is 4.90 Å². The van der Waals surface area contributed by atoms with Gasteiger partial charge < -0.3 is 0 Å². The molecule has 2 fully saturated rings. The van der Waals surface area contributed by atoms with Crippen LogP contribution in [0.15, 0.2) is 0 Å². The van der Waals surface area contributed by atoms with E-state index in [0.717, 1.165) is 30.8 Å². The Morgan fingerprint density at radius 2 is 1.83 bits per heavy atom. The number of fused-ring (bicyclic) bond motifs is 1. The largest absolute Gasteiger partial charge is 0.297 e. The molecule has 2 rings (SSSR count). The van der Waals surface area contributed by atoms with E-state index in [4.69, 9.17) is 12.8 Å². The Kier molecular flexibility index (Phi) is 5.15. The molecule has 2 heterocycles. The number of hydrogen-bond donors (Lipinski definition) is 0. The molecule has 2 aliphatic rings. The second-order valence-corrected chi connectivity index (χ2v) is 5.78. The first-order chi connectivity index (χ1) is 8.86. The van der Waals surface area contributed by atoms with Gasteiger partial charge in [-0.15, -0.1) is 24.7 Å². The summed E-state index contributed by atoms with van der Waals surface area (Å²) in [5, 5.41) is 0. The Hall–Kier alpha value is -0.920. The Morgan fingerprint density at radius 1 is 1.00 bits per heavy atom. The minimum Gasteiger partial charge on any atom is -0.297 e. The Labute approximate surface area is 112 Å². The van der Waals surface area contributed by atoms with Gasteiger partial charge in [-0.25, -0.2) is 0 Å².